The number of ether oxygens (including phenoxy) is 2. The Morgan fingerprint density at radius 1 is 1.16 bits per heavy atom. The van der Waals surface area contributed by atoms with Crippen molar-refractivity contribution in [2.45, 2.75) is 20.0 Å². The van der Waals surface area contributed by atoms with Crippen LogP contribution in [-0.2, 0) is 4.79 Å². The fourth-order valence-corrected chi connectivity index (χ4v) is 2.30. The van der Waals surface area contributed by atoms with Gasteiger partial charge in [0, 0.05) is 6.07 Å². The normalized spacial score (nSPS) is 11.9. The van der Waals surface area contributed by atoms with E-state index in [1.54, 1.807) is 6.07 Å². The van der Waals surface area contributed by atoms with Crippen molar-refractivity contribution >= 4 is 16.9 Å². The number of benzene rings is 2. The van der Waals surface area contributed by atoms with Gasteiger partial charge in [-0.2, -0.15) is 0 Å². The Kier molecular flexibility index (Phi) is 4.43. The Hall–Kier alpha value is -3.28. The molecule has 1 unspecified atom stereocenters. The topological polar surface area (TPSA) is 86.0 Å². The van der Waals surface area contributed by atoms with Crippen molar-refractivity contribution in [3.05, 3.63) is 64.5 Å². The minimum absolute atomic E-state index is 0.0747. The van der Waals surface area contributed by atoms with E-state index < -0.39 is 12.1 Å². The first kappa shape index (κ1) is 16.6. The zero-order valence-electron chi connectivity index (χ0n) is 13.7. The molecule has 3 aromatic rings. The van der Waals surface area contributed by atoms with E-state index in [0.29, 0.717) is 16.9 Å². The number of carbonyl (C=O) groups is 1. The van der Waals surface area contributed by atoms with Crippen LogP contribution < -0.4 is 14.9 Å². The summed E-state index contributed by atoms with van der Waals surface area (Å²) in [4.78, 5) is 23.4. The Labute approximate surface area is 143 Å². The molecule has 1 N–H and O–H groups in total. The lowest BCUT2D eigenvalue weighted by atomic mass is 10.2. The second-order valence-electron chi connectivity index (χ2n) is 5.60. The molecule has 1 aromatic heterocycles. The molecule has 0 saturated heterocycles. The van der Waals surface area contributed by atoms with Gasteiger partial charge in [-0.1, -0.05) is 12.1 Å². The summed E-state index contributed by atoms with van der Waals surface area (Å²) in [5, 5.41) is 9.20. The van der Waals surface area contributed by atoms with E-state index >= 15 is 0 Å². The third kappa shape index (κ3) is 3.63. The van der Waals surface area contributed by atoms with Gasteiger partial charge in [0.1, 0.15) is 23.3 Å². The lowest BCUT2D eigenvalue weighted by Crippen LogP contribution is -2.22. The molecular formula is C19H16O6. The number of carboxylic acids is 1. The van der Waals surface area contributed by atoms with Gasteiger partial charge >= 0.3 is 5.97 Å². The molecule has 0 fully saturated rings. The first-order chi connectivity index (χ1) is 11.9. The van der Waals surface area contributed by atoms with Gasteiger partial charge in [-0.15, -0.1) is 0 Å². The maximum Gasteiger partial charge on any atom is 0.344 e. The summed E-state index contributed by atoms with van der Waals surface area (Å²) < 4.78 is 16.3. The van der Waals surface area contributed by atoms with E-state index in [9.17, 15) is 9.59 Å². The van der Waals surface area contributed by atoms with Gasteiger partial charge in [0.15, 0.2) is 6.10 Å². The van der Waals surface area contributed by atoms with Crippen molar-refractivity contribution in [3.63, 3.8) is 0 Å². The van der Waals surface area contributed by atoms with Crippen LogP contribution in [0.4, 0.5) is 0 Å². The highest BCUT2D eigenvalue weighted by Crippen LogP contribution is 2.24. The zero-order chi connectivity index (χ0) is 18.0. The molecule has 0 spiro atoms. The summed E-state index contributed by atoms with van der Waals surface area (Å²) in [6.07, 6.45) is 0.227. The largest absolute Gasteiger partial charge is 0.479 e. The van der Waals surface area contributed by atoms with Crippen LogP contribution in [0.15, 0.2) is 57.9 Å². The monoisotopic (exact) mass is 340 g/mol. The van der Waals surface area contributed by atoms with Crippen molar-refractivity contribution in [2.24, 2.45) is 0 Å². The van der Waals surface area contributed by atoms with E-state index in [2.05, 4.69) is 0 Å². The smallest absolute Gasteiger partial charge is 0.344 e. The molecule has 25 heavy (non-hydrogen) atoms. The second kappa shape index (κ2) is 6.68. The minimum atomic E-state index is -1.08. The lowest BCUT2D eigenvalue weighted by molar-refractivity contribution is -0.144. The standard InChI is InChI=1S/C19H16O6/c1-11-4-3-5-13(8-11)25-17-10-23-16-9-14(24-12(2)19(21)22)6-7-15(16)18(17)20/h3-10,12H,1-2H3,(H,21,22). The third-order valence-electron chi connectivity index (χ3n) is 3.59. The van der Waals surface area contributed by atoms with Crippen LogP contribution in [0, 0.1) is 6.92 Å². The van der Waals surface area contributed by atoms with Crippen LogP contribution in [0.2, 0.25) is 0 Å². The van der Waals surface area contributed by atoms with Gasteiger partial charge in [-0.05, 0) is 43.7 Å². The minimum Gasteiger partial charge on any atom is -0.479 e. The van der Waals surface area contributed by atoms with Crippen molar-refractivity contribution in [3.8, 4) is 17.2 Å². The predicted molar refractivity (Wildman–Crippen MR) is 91.5 cm³/mol. The third-order valence-corrected chi connectivity index (χ3v) is 3.59. The fraction of sp³-hybridized carbons (Fsp3) is 0.158. The molecule has 0 amide bonds. The summed E-state index contributed by atoms with van der Waals surface area (Å²) in [6, 6.07) is 11.8. The summed E-state index contributed by atoms with van der Waals surface area (Å²) in [5.74, 6) is -0.158. The van der Waals surface area contributed by atoms with Crippen LogP contribution in [-0.4, -0.2) is 17.2 Å². The molecule has 0 aliphatic heterocycles. The number of aliphatic carboxylic acids is 1. The van der Waals surface area contributed by atoms with E-state index in [-0.39, 0.29) is 16.8 Å². The number of hydrogen-bond donors (Lipinski definition) is 1. The number of aryl methyl sites for hydroxylation is 1. The van der Waals surface area contributed by atoms with Gasteiger partial charge in [-0.3, -0.25) is 4.79 Å². The molecule has 2 aromatic carbocycles. The highest BCUT2D eigenvalue weighted by molar-refractivity contribution is 5.79. The summed E-state index contributed by atoms with van der Waals surface area (Å²) in [6.45, 7) is 3.34. The van der Waals surface area contributed by atoms with E-state index in [1.165, 1.54) is 31.4 Å². The molecule has 0 aliphatic carbocycles. The Balaban J connectivity index is 1.92. The van der Waals surface area contributed by atoms with Gasteiger partial charge in [0.05, 0.1) is 5.39 Å². The molecule has 0 bridgehead atoms. The fourth-order valence-electron chi connectivity index (χ4n) is 2.30. The summed E-state index contributed by atoms with van der Waals surface area (Å²) >= 11 is 0. The molecule has 128 valence electrons. The average molecular weight is 340 g/mol. The van der Waals surface area contributed by atoms with Gasteiger partial charge < -0.3 is 19.0 Å². The second-order valence-corrected chi connectivity index (χ2v) is 5.60. The van der Waals surface area contributed by atoms with E-state index in [0.717, 1.165) is 5.56 Å². The molecule has 6 heteroatoms. The number of fused-ring (bicyclic) bond motifs is 1. The van der Waals surface area contributed by atoms with Crippen molar-refractivity contribution in [2.75, 3.05) is 0 Å². The Morgan fingerprint density at radius 2 is 1.96 bits per heavy atom. The molecule has 1 heterocycles. The summed E-state index contributed by atoms with van der Waals surface area (Å²) in [7, 11) is 0. The number of carboxylic acid groups (broad SMARTS) is 1. The Morgan fingerprint density at radius 3 is 2.68 bits per heavy atom. The molecular weight excluding hydrogens is 324 g/mol. The Bertz CT molecular complexity index is 989. The molecule has 0 radical (unpaired) electrons. The molecule has 0 saturated carbocycles. The van der Waals surface area contributed by atoms with Crippen molar-refractivity contribution < 1.29 is 23.8 Å². The van der Waals surface area contributed by atoms with Gasteiger partial charge in [0.25, 0.3) is 0 Å². The zero-order valence-corrected chi connectivity index (χ0v) is 13.7. The van der Waals surface area contributed by atoms with Crippen molar-refractivity contribution in [1.29, 1.82) is 0 Å². The molecule has 3 rings (SSSR count). The highest BCUT2D eigenvalue weighted by Gasteiger charge is 2.14. The molecule has 6 nitrogen and oxygen atoms in total. The van der Waals surface area contributed by atoms with Crippen LogP contribution in [0.25, 0.3) is 11.0 Å². The van der Waals surface area contributed by atoms with E-state index in [1.807, 2.05) is 25.1 Å². The maximum absolute atomic E-state index is 12.5. The van der Waals surface area contributed by atoms with Crippen molar-refractivity contribution in [1.82, 2.24) is 0 Å². The van der Waals surface area contributed by atoms with Crippen LogP contribution in [0.5, 0.6) is 17.2 Å². The first-order valence-corrected chi connectivity index (χ1v) is 7.63. The van der Waals surface area contributed by atoms with Crippen LogP contribution in [0.3, 0.4) is 0 Å². The highest BCUT2D eigenvalue weighted by atomic mass is 16.5. The van der Waals surface area contributed by atoms with E-state index in [4.69, 9.17) is 19.0 Å². The predicted octanol–water partition coefficient (Wildman–Crippen LogP) is 3.75. The molecule has 0 aliphatic rings. The van der Waals surface area contributed by atoms with Crippen LogP contribution >= 0.6 is 0 Å². The van der Waals surface area contributed by atoms with Gasteiger partial charge in [-0.25, -0.2) is 4.79 Å². The SMILES string of the molecule is Cc1cccc(Oc2coc3cc(OC(C)C(=O)O)ccc3c2=O)c1. The average Bonchev–Trinajstić information content (AvgIpc) is 2.57. The maximum atomic E-state index is 12.5. The quantitative estimate of drug-likeness (QED) is 0.761. The lowest BCUT2D eigenvalue weighted by Gasteiger charge is -2.11. The first-order valence-electron chi connectivity index (χ1n) is 7.63. The van der Waals surface area contributed by atoms with Gasteiger partial charge in [0.2, 0.25) is 11.2 Å². The number of hydrogen-bond acceptors (Lipinski definition) is 5. The summed E-state index contributed by atoms with van der Waals surface area (Å²) in [5.41, 5.74) is 0.981. The van der Waals surface area contributed by atoms with Crippen LogP contribution in [0.1, 0.15) is 12.5 Å². The number of rotatable bonds is 5. The molecule has 1 atom stereocenters.